The molecular formula is C12H27NOS. The van der Waals surface area contributed by atoms with Gasteiger partial charge in [-0.05, 0) is 40.9 Å². The molecule has 0 unspecified atom stereocenters. The van der Waals surface area contributed by atoms with Gasteiger partial charge in [0.05, 0.1) is 12.0 Å². The topological polar surface area (TPSA) is 33.1 Å². The first-order valence-corrected chi connectivity index (χ1v) is 6.79. The van der Waals surface area contributed by atoms with Gasteiger partial charge in [-0.25, -0.2) is 0 Å². The van der Waals surface area contributed by atoms with E-state index in [9.17, 15) is 0 Å². The van der Waals surface area contributed by atoms with Crippen LogP contribution in [0.4, 0.5) is 0 Å². The Morgan fingerprint density at radius 1 is 1.20 bits per heavy atom. The third-order valence-corrected chi connectivity index (χ3v) is 4.40. The van der Waals surface area contributed by atoms with E-state index < -0.39 is 0 Å². The second-order valence-corrected chi connectivity index (χ2v) is 5.53. The van der Waals surface area contributed by atoms with E-state index in [2.05, 4.69) is 34.0 Å². The molecule has 92 valence electrons. The summed E-state index contributed by atoms with van der Waals surface area (Å²) in [6, 6.07) is 0. The zero-order valence-corrected chi connectivity index (χ0v) is 12.3. The lowest BCUT2D eigenvalue weighted by atomic mass is 9.80. The van der Waals surface area contributed by atoms with Crippen LogP contribution in [-0.2, 0) is 4.74 Å². The predicted octanol–water partition coefficient (Wildman–Crippen LogP) is 4.19. The minimum atomic E-state index is -0.220. The average Bonchev–Trinajstić information content (AvgIpc) is 2.21. The summed E-state index contributed by atoms with van der Waals surface area (Å²) in [5.41, 5.74) is -0.220. The third kappa shape index (κ3) is 4.45. The van der Waals surface area contributed by atoms with E-state index in [0.29, 0.717) is 12.5 Å². The van der Waals surface area contributed by atoms with Gasteiger partial charge in [0.2, 0.25) is 0 Å². The van der Waals surface area contributed by atoms with Gasteiger partial charge in [-0.2, -0.15) is 11.8 Å². The Kier molecular flexibility index (Phi) is 8.21. The number of hydrogen-bond acceptors (Lipinski definition) is 3. The van der Waals surface area contributed by atoms with Crippen LogP contribution in [0.3, 0.4) is 0 Å². The number of thioether (sulfide) groups is 1. The highest BCUT2D eigenvalue weighted by atomic mass is 32.2. The summed E-state index contributed by atoms with van der Waals surface area (Å²) in [6.45, 7) is 14.9. The number of ether oxygens (including phenoxy) is 1. The second kappa shape index (κ2) is 7.15. The Bertz CT molecular complexity index is 188. The fourth-order valence-electron chi connectivity index (χ4n) is 0.853. The van der Waals surface area contributed by atoms with Crippen LogP contribution in [0.1, 0.15) is 48.5 Å². The molecular weight excluding hydrogens is 206 g/mol. The van der Waals surface area contributed by atoms with Crippen LogP contribution in [0, 0.1) is 10.8 Å². The average molecular weight is 233 g/mol. The van der Waals surface area contributed by atoms with Gasteiger partial charge in [0.25, 0.3) is 0 Å². The Labute approximate surface area is 99.7 Å². The molecule has 1 N–H and O–H groups in total. The van der Waals surface area contributed by atoms with Gasteiger partial charge in [-0.3, -0.25) is 5.41 Å². The van der Waals surface area contributed by atoms with E-state index in [-0.39, 0.29) is 10.2 Å². The molecule has 0 saturated heterocycles. The van der Waals surface area contributed by atoms with Gasteiger partial charge in [-0.15, -0.1) is 0 Å². The van der Waals surface area contributed by atoms with Crippen molar-refractivity contribution < 1.29 is 4.74 Å². The van der Waals surface area contributed by atoms with E-state index >= 15 is 0 Å². The Morgan fingerprint density at radius 3 is 1.87 bits per heavy atom. The Hall–Kier alpha value is -0.180. The fourth-order valence-corrected chi connectivity index (χ4v) is 1.46. The predicted molar refractivity (Wildman–Crippen MR) is 72.1 cm³/mol. The molecule has 2 nitrogen and oxygen atoms in total. The summed E-state index contributed by atoms with van der Waals surface area (Å²) in [7, 11) is 0. The maximum atomic E-state index is 7.81. The van der Waals surface area contributed by atoms with Crippen LogP contribution in [-0.4, -0.2) is 23.5 Å². The summed E-state index contributed by atoms with van der Waals surface area (Å²) in [5, 5.41) is 7.81. The number of hydrogen-bond donors (Lipinski definition) is 1. The van der Waals surface area contributed by atoms with Crippen molar-refractivity contribution >= 4 is 17.7 Å². The van der Waals surface area contributed by atoms with Crippen molar-refractivity contribution in [3.63, 3.8) is 0 Å². The Balaban J connectivity index is 0. The van der Waals surface area contributed by atoms with Crippen molar-refractivity contribution in [2.24, 2.45) is 5.41 Å². The molecule has 15 heavy (non-hydrogen) atoms. The van der Waals surface area contributed by atoms with E-state index in [0.717, 1.165) is 0 Å². The second-order valence-electron chi connectivity index (χ2n) is 4.10. The zero-order valence-electron chi connectivity index (χ0n) is 11.5. The SMILES string of the molecule is CC.CCOC(=N)C(C)(C)C(C)(C)SC. The molecule has 0 aromatic carbocycles. The molecule has 0 amide bonds. The number of nitrogens with one attached hydrogen (secondary N) is 1. The van der Waals surface area contributed by atoms with Crippen molar-refractivity contribution in [3.8, 4) is 0 Å². The highest BCUT2D eigenvalue weighted by Crippen LogP contribution is 2.41. The minimum absolute atomic E-state index is 0.0270. The Morgan fingerprint density at radius 2 is 1.60 bits per heavy atom. The fraction of sp³-hybridized carbons (Fsp3) is 0.917. The lowest BCUT2D eigenvalue weighted by Crippen LogP contribution is -2.43. The molecule has 0 aromatic heterocycles. The van der Waals surface area contributed by atoms with E-state index in [4.69, 9.17) is 10.1 Å². The highest BCUT2D eigenvalue weighted by Gasteiger charge is 2.41. The van der Waals surface area contributed by atoms with Crippen LogP contribution in [0.15, 0.2) is 0 Å². The van der Waals surface area contributed by atoms with Gasteiger partial charge in [0.15, 0.2) is 5.90 Å². The molecule has 0 saturated carbocycles. The quantitative estimate of drug-likeness (QED) is 0.583. The van der Waals surface area contributed by atoms with Crippen molar-refractivity contribution in [2.75, 3.05) is 12.9 Å². The molecule has 0 fully saturated rings. The molecule has 0 heterocycles. The molecule has 0 aliphatic rings. The zero-order chi connectivity index (χ0) is 12.7. The molecule has 0 aliphatic heterocycles. The van der Waals surface area contributed by atoms with E-state index in [1.165, 1.54) is 0 Å². The monoisotopic (exact) mass is 233 g/mol. The van der Waals surface area contributed by atoms with Crippen LogP contribution >= 0.6 is 11.8 Å². The molecule has 0 spiro atoms. The van der Waals surface area contributed by atoms with Gasteiger partial charge in [-0.1, -0.05) is 13.8 Å². The third-order valence-electron chi connectivity index (χ3n) is 2.87. The molecule has 3 heteroatoms. The molecule has 0 rings (SSSR count). The largest absolute Gasteiger partial charge is 0.481 e. The van der Waals surface area contributed by atoms with Crippen LogP contribution in [0.25, 0.3) is 0 Å². The van der Waals surface area contributed by atoms with Gasteiger partial charge in [0, 0.05) is 4.75 Å². The van der Waals surface area contributed by atoms with Gasteiger partial charge in [0.1, 0.15) is 0 Å². The first-order valence-electron chi connectivity index (χ1n) is 5.56. The van der Waals surface area contributed by atoms with Crippen LogP contribution < -0.4 is 0 Å². The van der Waals surface area contributed by atoms with Crippen LogP contribution in [0.5, 0.6) is 0 Å². The highest BCUT2D eigenvalue weighted by molar-refractivity contribution is 8.00. The van der Waals surface area contributed by atoms with Crippen molar-refractivity contribution in [1.82, 2.24) is 0 Å². The molecule has 0 aliphatic carbocycles. The molecule has 0 radical (unpaired) electrons. The van der Waals surface area contributed by atoms with Gasteiger partial charge < -0.3 is 4.74 Å². The molecule has 0 atom stereocenters. The summed E-state index contributed by atoms with van der Waals surface area (Å²) in [4.78, 5) is 0. The van der Waals surface area contributed by atoms with Crippen molar-refractivity contribution in [3.05, 3.63) is 0 Å². The van der Waals surface area contributed by atoms with E-state index in [1.54, 1.807) is 11.8 Å². The summed E-state index contributed by atoms with van der Waals surface area (Å²) in [6.07, 6.45) is 2.07. The van der Waals surface area contributed by atoms with Crippen molar-refractivity contribution in [1.29, 1.82) is 5.41 Å². The summed E-state index contributed by atoms with van der Waals surface area (Å²) >= 11 is 1.77. The summed E-state index contributed by atoms with van der Waals surface area (Å²) < 4.78 is 5.29. The maximum absolute atomic E-state index is 7.81. The molecule has 0 aromatic rings. The summed E-state index contributed by atoms with van der Waals surface area (Å²) in [5.74, 6) is 0.384. The van der Waals surface area contributed by atoms with Crippen molar-refractivity contribution in [2.45, 2.75) is 53.2 Å². The standard InChI is InChI=1S/C10H21NOS.C2H6/c1-7-12-8(11)9(2,3)10(4,5)13-6;1-2/h11H,7H2,1-6H3;1-2H3. The smallest absolute Gasteiger partial charge is 0.187 e. The maximum Gasteiger partial charge on any atom is 0.187 e. The molecule has 0 bridgehead atoms. The number of rotatable bonds is 4. The minimum Gasteiger partial charge on any atom is -0.481 e. The normalized spacial score (nSPS) is 11.5. The van der Waals surface area contributed by atoms with Gasteiger partial charge >= 0.3 is 0 Å². The first kappa shape index (κ1) is 17.2. The van der Waals surface area contributed by atoms with E-state index in [1.807, 2.05) is 20.8 Å². The lowest BCUT2D eigenvalue weighted by molar-refractivity contribution is 0.246. The van der Waals surface area contributed by atoms with Crippen LogP contribution in [0.2, 0.25) is 0 Å². The first-order chi connectivity index (χ1) is 6.79. The lowest BCUT2D eigenvalue weighted by Gasteiger charge is -2.39.